The van der Waals surface area contributed by atoms with Crippen molar-refractivity contribution in [3.05, 3.63) is 12.2 Å². The first kappa shape index (κ1) is 12.2. The molecule has 1 heterocycles. The molecular formula is C14H24N4. The molecule has 2 bridgehead atoms. The van der Waals surface area contributed by atoms with E-state index in [0.29, 0.717) is 16.9 Å². The molecule has 3 rings (SSSR count). The lowest BCUT2D eigenvalue weighted by molar-refractivity contribution is 0.0993. The van der Waals surface area contributed by atoms with E-state index in [4.69, 9.17) is 0 Å². The second-order valence-electron chi connectivity index (χ2n) is 7.11. The highest BCUT2D eigenvalue weighted by Crippen LogP contribution is 2.62. The van der Waals surface area contributed by atoms with Crippen LogP contribution in [-0.4, -0.2) is 21.2 Å². The quantitative estimate of drug-likeness (QED) is 0.864. The Morgan fingerprint density at radius 1 is 1.44 bits per heavy atom. The summed E-state index contributed by atoms with van der Waals surface area (Å²) in [7, 11) is 0. The van der Waals surface area contributed by atoms with Crippen molar-refractivity contribution in [2.24, 2.45) is 16.7 Å². The van der Waals surface area contributed by atoms with Crippen molar-refractivity contribution in [2.75, 3.05) is 0 Å². The van der Waals surface area contributed by atoms with E-state index in [1.54, 1.807) is 6.33 Å². The average Bonchev–Trinajstić information content (AvgIpc) is 2.96. The van der Waals surface area contributed by atoms with Crippen LogP contribution in [0.4, 0.5) is 0 Å². The van der Waals surface area contributed by atoms with Gasteiger partial charge < -0.3 is 5.32 Å². The Kier molecular flexibility index (Phi) is 2.56. The van der Waals surface area contributed by atoms with Gasteiger partial charge in [-0.05, 0) is 42.9 Å². The Bertz CT molecular complexity index is 420. The monoisotopic (exact) mass is 248 g/mol. The highest BCUT2D eigenvalue weighted by molar-refractivity contribution is 5.13. The van der Waals surface area contributed by atoms with Crippen molar-refractivity contribution in [2.45, 2.75) is 59.0 Å². The Labute approximate surface area is 109 Å². The zero-order valence-electron chi connectivity index (χ0n) is 11.8. The van der Waals surface area contributed by atoms with E-state index in [9.17, 15) is 0 Å². The number of hydrogen-bond acceptors (Lipinski definition) is 3. The van der Waals surface area contributed by atoms with E-state index >= 15 is 0 Å². The average molecular weight is 248 g/mol. The fourth-order valence-electron chi connectivity index (χ4n) is 4.47. The zero-order valence-corrected chi connectivity index (χ0v) is 11.8. The molecule has 0 aliphatic heterocycles. The zero-order chi connectivity index (χ0) is 13.0. The SMILES string of the molecule is CC(NC1C2(C)CCC(C2)C1(C)C)c1ncn[nH]1. The van der Waals surface area contributed by atoms with Crippen LogP contribution in [0.1, 0.15) is 58.8 Å². The van der Waals surface area contributed by atoms with Crippen LogP contribution in [-0.2, 0) is 0 Å². The Balaban J connectivity index is 1.80. The van der Waals surface area contributed by atoms with Crippen LogP contribution in [0.5, 0.6) is 0 Å². The topological polar surface area (TPSA) is 53.6 Å². The summed E-state index contributed by atoms with van der Waals surface area (Å²) in [6.07, 6.45) is 5.72. The smallest absolute Gasteiger partial charge is 0.141 e. The molecule has 2 fully saturated rings. The molecule has 1 aromatic rings. The fraction of sp³-hybridized carbons (Fsp3) is 0.857. The minimum Gasteiger partial charge on any atom is -0.304 e. The van der Waals surface area contributed by atoms with Gasteiger partial charge in [-0.15, -0.1) is 0 Å². The summed E-state index contributed by atoms with van der Waals surface area (Å²) >= 11 is 0. The second kappa shape index (κ2) is 3.80. The van der Waals surface area contributed by atoms with E-state index in [1.807, 2.05) is 0 Å². The number of fused-ring (bicyclic) bond motifs is 2. The van der Waals surface area contributed by atoms with Crippen molar-refractivity contribution >= 4 is 0 Å². The highest BCUT2D eigenvalue weighted by Gasteiger charge is 2.59. The summed E-state index contributed by atoms with van der Waals surface area (Å²) < 4.78 is 0. The third-order valence-corrected chi connectivity index (χ3v) is 5.53. The van der Waals surface area contributed by atoms with Gasteiger partial charge in [0, 0.05) is 6.04 Å². The molecule has 18 heavy (non-hydrogen) atoms. The molecule has 2 aliphatic carbocycles. The van der Waals surface area contributed by atoms with Gasteiger partial charge in [-0.3, -0.25) is 5.10 Å². The van der Waals surface area contributed by atoms with Crippen LogP contribution in [0.25, 0.3) is 0 Å². The fourth-order valence-corrected chi connectivity index (χ4v) is 4.47. The number of nitrogens with one attached hydrogen (secondary N) is 2. The Hall–Kier alpha value is -0.900. The first-order chi connectivity index (χ1) is 8.43. The Morgan fingerprint density at radius 3 is 2.78 bits per heavy atom. The molecule has 4 atom stereocenters. The van der Waals surface area contributed by atoms with Crippen LogP contribution < -0.4 is 5.32 Å². The van der Waals surface area contributed by atoms with Crippen LogP contribution in [0.15, 0.2) is 6.33 Å². The van der Waals surface area contributed by atoms with E-state index in [-0.39, 0.29) is 6.04 Å². The first-order valence-electron chi connectivity index (χ1n) is 7.05. The minimum absolute atomic E-state index is 0.243. The van der Waals surface area contributed by atoms with Crippen LogP contribution in [0.3, 0.4) is 0 Å². The largest absolute Gasteiger partial charge is 0.304 e. The summed E-state index contributed by atoms with van der Waals surface area (Å²) in [6, 6.07) is 0.816. The number of rotatable bonds is 3. The molecule has 2 saturated carbocycles. The highest BCUT2D eigenvalue weighted by atomic mass is 15.2. The number of nitrogens with zero attached hydrogens (tertiary/aromatic N) is 2. The lowest BCUT2D eigenvalue weighted by Gasteiger charge is -2.44. The normalized spacial score (nSPS) is 39.1. The molecule has 2 N–H and O–H groups in total. The summed E-state index contributed by atoms with van der Waals surface area (Å²) in [5.74, 6) is 1.82. The summed E-state index contributed by atoms with van der Waals surface area (Å²) in [5.41, 5.74) is 0.851. The third-order valence-electron chi connectivity index (χ3n) is 5.53. The van der Waals surface area contributed by atoms with Gasteiger partial charge in [0.25, 0.3) is 0 Å². The summed E-state index contributed by atoms with van der Waals surface area (Å²) in [6.45, 7) is 9.47. The molecular weight excluding hydrogens is 224 g/mol. The molecule has 0 amide bonds. The molecule has 0 saturated heterocycles. The number of aromatic amines is 1. The summed E-state index contributed by atoms with van der Waals surface area (Å²) in [5, 5.41) is 10.7. The molecule has 0 spiro atoms. The molecule has 0 aromatic carbocycles. The van der Waals surface area contributed by atoms with E-state index in [0.717, 1.165) is 11.7 Å². The summed E-state index contributed by atoms with van der Waals surface area (Å²) in [4.78, 5) is 4.26. The lowest BCUT2D eigenvalue weighted by atomic mass is 9.68. The van der Waals surface area contributed by atoms with Gasteiger partial charge in [-0.25, -0.2) is 4.98 Å². The number of aromatic nitrogens is 3. The van der Waals surface area contributed by atoms with Gasteiger partial charge in [-0.1, -0.05) is 20.8 Å². The number of H-pyrrole nitrogens is 1. The van der Waals surface area contributed by atoms with Crippen molar-refractivity contribution < 1.29 is 0 Å². The van der Waals surface area contributed by atoms with Crippen molar-refractivity contribution in [1.82, 2.24) is 20.5 Å². The van der Waals surface area contributed by atoms with Crippen molar-refractivity contribution in [3.63, 3.8) is 0 Å². The molecule has 100 valence electrons. The molecule has 1 aromatic heterocycles. The standard InChI is InChI=1S/C14H24N4/c1-9(11-15-8-16-18-11)17-12-13(2,3)10-5-6-14(12,4)7-10/h8-10,12,17H,5-7H2,1-4H3,(H,15,16,18). The minimum atomic E-state index is 0.243. The molecule has 0 radical (unpaired) electrons. The number of hydrogen-bond donors (Lipinski definition) is 2. The van der Waals surface area contributed by atoms with Gasteiger partial charge in [0.1, 0.15) is 12.2 Å². The van der Waals surface area contributed by atoms with Crippen molar-refractivity contribution in [3.8, 4) is 0 Å². The predicted molar refractivity (Wildman–Crippen MR) is 71.0 cm³/mol. The van der Waals surface area contributed by atoms with Crippen molar-refractivity contribution in [1.29, 1.82) is 0 Å². The first-order valence-corrected chi connectivity index (χ1v) is 7.05. The Morgan fingerprint density at radius 2 is 2.22 bits per heavy atom. The second-order valence-corrected chi connectivity index (χ2v) is 7.11. The molecule has 4 unspecified atom stereocenters. The van der Waals surface area contributed by atoms with Gasteiger partial charge in [-0.2, -0.15) is 5.10 Å². The van der Waals surface area contributed by atoms with Crippen LogP contribution in [0, 0.1) is 16.7 Å². The maximum Gasteiger partial charge on any atom is 0.141 e. The van der Waals surface area contributed by atoms with Crippen LogP contribution >= 0.6 is 0 Å². The third kappa shape index (κ3) is 1.62. The maximum absolute atomic E-state index is 4.26. The molecule has 4 nitrogen and oxygen atoms in total. The predicted octanol–water partition coefficient (Wildman–Crippen LogP) is 2.67. The lowest BCUT2D eigenvalue weighted by Crippen LogP contribution is -2.51. The van der Waals surface area contributed by atoms with Crippen LogP contribution in [0.2, 0.25) is 0 Å². The molecule has 2 aliphatic rings. The molecule has 4 heteroatoms. The van der Waals surface area contributed by atoms with Gasteiger partial charge >= 0.3 is 0 Å². The van der Waals surface area contributed by atoms with E-state index in [2.05, 4.69) is 48.2 Å². The van der Waals surface area contributed by atoms with Gasteiger partial charge in [0.2, 0.25) is 0 Å². The van der Waals surface area contributed by atoms with E-state index in [1.165, 1.54) is 19.3 Å². The van der Waals surface area contributed by atoms with E-state index < -0.39 is 0 Å². The maximum atomic E-state index is 4.26. The van der Waals surface area contributed by atoms with Gasteiger partial charge in [0.05, 0.1) is 6.04 Å². The van der Waals surface area contributed by atoms with Gasteiger partial charge in [0.15, 0.2) is 0 Å².